The Kier molecular flexibility index (Phi) is 46.6. The molecule has 0 aliphatic heterocycles. The minimum Gasteiger partial charge on any atom is -0.458 e. The largest absolute Gasteiger partial charge is 0.458 e. The molecule has 6 heteroatoms. The highest BCUT2D eigenvalue weighted by atomic mass is 16.5. The molecule has 0 bridgehead atoms. The SMILES string of the molecule is CCCCCCCC/C=C\C/C=C/C(CC(=O)NC(CO)C(O)CCCCCCCCCCCCCCC)OC(=O)CCCCCCCCC/C=C/CCCCCCCC. The summed E-state index contributed by atoms with van der Waals surface area (Å²) in [7, 11) is 0. The molecule has 3 N–H and O–H groups in total. The molecule has 0 saturated heterocycles. The third-order valence-corrected chi connectivity index (χ3v) is 11.9. The summed E-state index contributed by atoms with van der Waals surface area (Å²) in [5.41, 5.74) is 0. The second kappa shape index (κ2) is 48.1. The fourth-order valence-electron chi connectivity index (χ4n) is 7.92. The van der Waals surface area contributed by atoms with Crippen LogP contribution in [0.4, 0.5) is 0 Å². The molecule has 0 aromatic heterocycles. The Morgan fingerprint density at radius 3 is 1.32 bits per heavy atom. The Balaban J connectivity index is 4.57. The third-order valence-electron chi connectivity index (χ3n) is 11.9. The number of rotatable bonds is 47. The lowest BCUT2D eigenvalue weighted by Gasteiger charge is -2.23. The van der Waals surface area contributed by atoms with Gasteiger partial charge in [0, 0.05) is 6.42 Å². The van der Waals surface area contributed by atoms with Gasteiger partial charge in [0.25, 0.3) is 0 Å². The van der Waals surface area contributed by atoms with Crippen LogP contribution in [0, 0.1) is 0 Å². The zero-order chi connectivity index (χ0) is 43.8. The van der Waals surface area contributed by atoms with Crippen molar-refractivity contribution in [1.29, 1.82) is 0 Å². The van der Waals surface area contributed by atoms with Gasteiger partial charge in [-0.25, -0.2) is 0 Å². The molecule has 0 aliphatic carbocycles. The lowest BCUT2D eigenvalue weighted by atomic mass is 10.0. The first-order valence-corrected chi connectivity index (χ1v) is 26.2. The highest BCUT2D eigenvalue weighted by Crippen LogP contribution is 2.16. The van der Waals surface area contributed by atoms with E-state index >= 15 is 0 Å². The first-order chi connectivity index (χ1) is 29.5. The summed E-state index contributed by atoms with van der Waals surface area (Å²) < 4.78 is 5.83. The van der Waals surface area contributed by atoms with E-state index in [0.717, 1.165) is 51.4 Å². The molecule has 3 atom stereocenters. The summed E-state index contributed by atoms with van der Waals surface area (Å²) in [6, 6.07) is -0.730. The smallest absolute Gasteiger partial charge is 0.306 e. The molecule has 0 fully saturated rings. The minimum absolute atomic E-state index is 0.0279. The number of esters is 1. The van der Waals surface area contributed by atoms with E-state index in [1.165, 1.54) is 180 Å². The molecule has 0 rings (SSSR count). The molecule has 0 saturated carbocycles. The van der Waals surface area contributed by atoms with Crippen molar-refractivity contribution in [3.05, 3.63) is 36.5 Å². The average Bonchev–Trinajstić information content (AvgIpc) is 3.24. The van der Waals surface area contributed by atoms with Crippen LogP contribution in [0.5, 0.6) is 0 Å². The Labute approximate surface area is 373 Å². The van der Waals surface area contributed by atoms with Gasteiger partial charge in [0.05, 0.1) is 25.2 Å². The maximum Gasteiger partial charge on any atom is 0.306 e. The summed E-state index contributed by atoms with van der Waals surface area (Å²) >= 11 is 0. The van der Waals surface area contributed by atoms with E-state index in [2.05, 4.69) is 50.4 Å². The van der Waals surface area contributed by atoms with Gasteiger partial charge in [-0.05, 0) is 63.9 Å². The molecule has 0 aliphatic rings. The molecular formula is C54H101NO5. The van der Waals surface area contributed by atoms with Crippen LogP contribution in [-0.4, -0.2) is 46.9 Å². The Bertz CT molecular complexity index is 993. The van der Waals surface area contributed by atoms with Crippen molar-refractivity contribution < 1.29 is 24.5 Å². The van der Waals surface area contributed by atoms with Crippen molar-refractivity contribution in [2.24, 2.45) is 0 Å². The van der Waals surface area contributed by atoms with Gasteiger partial charge >= 0.3 is 5.97 Å². The van der Waals surface area contributed by atoms with E-state index in [9.17, 15) is 19.8 Å². The fourth-order valence-corrected chi connectivity index (χ4v) is 7.92. The number of nitrogens with one attached hydrogen (secondary N) is 1. The number of hydrogen-bond acceptors (Lipinski definition) is 5. The van der Waals surface area contributed by atoms with Crippen molar-refractivity contribution in [3.63, 3.8) is 0 Å². The first-order valence-electron chi connectivity index (χ1n) is 26.2. The van der Waals surface area contributed by atoms with Crippen molar-refractivity contribution in [2.75, 3.05) is 6.61 Å². The van der Waals surface area contributed by atoms with Gasteiger partial charge in [-0.2, -0.15) is 0 Å². The number of aliphatic hydroxyl groups is 2. The zero-order valence-corrected chi connectivity index (χ0v) is 40.1. The highest BCUT2D eigenvalue weighted by Gasteiger charge is 2.23. The number of aliphatic hydroxyl groups excluding tert-OH is 2. The van der Waals surface area contributed by atoms with Gasteiger partial charge in [0.15, 0.2) is 0 Å². The molecule has 1 amide bonds. The molecule has 0 aromatic rings. The Hall–Kier alpha value is -1.92. The molecule has 0 heterocycles. The lowest BCUT2D eigenvalue weighted by Crippen LogP contribution is -2.46. The van der Waals surface area contributed by atoms with Crippen LogP contribution in [-0.2, 0) is 14.3 Å². The molecule has 6 nitrogen and oxygen atoms in total. The average molecular weight is 844 g/mol. The lowest BCUT2D eigenvalue weighted by molar-refractivity contribution is -0.148. The summed E-state index contributed by atoms with van der Waals surface area (Å²) in [6.07, 6.45) is 56.7. The quantitative estimate of drug-likeness (QED) is 0.0322. The maximum atomic E-state index is 13.1. The van der Waals surface area contributed by atoms with Gasteiger partial charge < -0.3 is 20.3 Å². The standard InChI is InChI=1S/C54H101NO5/c1-4-7-10-13-16-19-22-24-25-26-27-29-32-35-38-41-44-47-54(59)60-50(45-42-39-36-33-30-21-18-15-12-9-6-3)48-53(58)55-51(49-56)52(57)46-43-40-37-34-31-28-23-20-17-14-11-8-5-2/h24-25,33,36,42,45,50-52,56-57H,4-23,26-32,34-35,37-41,43-44,46-49H2,1-3H3,(H,55,58)/b25-24+,36-33-,45-42+. The van der Waals surface area contributed by atoms with E-state index in [0.29, 0.717) is 12.8 Å². The Morgan fingerprint density at radius 1 is 0.500 bits per heavy atom. The highest BCUT2D eigenvalue weighted by molar-refractivity contribution is 5.78. The second-order valence-electron chi connectivity index (χ2n) is 17.9. The van der Waals surface area contributed by atoms with Crippen LogP contribution >= 0.6 is 0 Å². The summed E-state index contributed by atoms with van der Waals surface area (Å²) in [5, 5.41) is 23.7. The number of amides is 1. The molecule has 60 heavy (non-hydrogen) atoms. The van der Waals surface area contributed by atoms with E-state index in [4.69, 9.17) is 4.74 Å². The van der Waals surface area contributed by atoms with Gasteiger partial charge in [-0.3, -0.25) is 9.59 Å². The van der Waals surface area contributed by atoms with Crippen molar-refractivity contribution >= 4 is 11.9 Å². The van der Waals surface area contributed by atoms with Crippen LogP contribution in [0.2, 0.25) is 0 Å². The minimum atomic E-state index is -0.809. The molecule has 3 unspecified atom stereocenters. The summed E-state index contributed by atoms with van der Waals surface area (Å²) in [5.74, 6) is -0.599. The topological polar surface area (TPSA) is 95.9 Å². The Morgan fingerprint density at radius 2 is 0.883 bits per heavy atom. The number of ether oxygens (including phenoxy) is 1. The van der Waals surface area contributed by atoms with Gasteiger partial charge in [-0.1, -0.05) is 231 Å². The van der Waals surface area contributed by atoms with E-state index in [1.54, 1.807) is 0 Å². The maximum absolute atomic E-state index is 13.1. The van der Waals surface area contributed by atoms with Crippen LogP contribution in [0.25, 0.3) is 0 Å². The molecule has 0 aromatic carbocycles. The van der Waals surface area contributed by atoms with Gasteiger partial charge in [0.2, 0.25) is 5.91 Å². The predicted octanol–water partition coefficient (Wildman–Crippen LogP) is 15.7. The number of carbonyl (C=O) groups excluding carboxylic acids is 2. The molecule has 0 spiro atoms. The summed E-state index contributed by atoms with van der Waals surface area (Å²) in [4.78, 5) is 26.0. The van der Waals surface area contributed by atoms with Crippen LogP contribution < -0.4 is 5.32 Å². The van der Waals surface area contributed by atoms with Crippen LogP contribution in [0.3, 0.4) is 0 Å². The molecular weight excluding hydrogens is 743 g/mol. The van der Waals surface area contributed by atoms with Crippen molar-refractivity contribution in [3.8, 4) is 0 Å². The fraction of sp³-hybridized carbons (Fsp3) is 0.852. The monoisotopic (exact) mass is 844 g/mol. The van der Waals surface area contributed by atoms with Gasteiger partial charge in [0.1, 0.15) is 6.10 Å². The predicted molar refractivity (Wildman–Crippen MR) is 259 cm³/mol. The third kappa shape index (κ3) is 42.8. The number of hydrogen-bond donors (Lipinski definition) is 3. The number of allylic oxidation sites excluding steroid dienone is 5. The van der Waals surface area contributed by atoms with E-state index < -0.39 is 18.2 Å². The van der Waals surface area contributed by atoms with E-state index in [1.807, 2.05) is 12.2 Å². The van der Waals surface area contributed by atoms with E-state index in [-0.39, 0.29) is 24.9 Å². The molecule has 352 valence electrons. The second-order valence-corrected chi connectivity index (χ2v) is 17.9. The molecule has 0 radical (unpaired) electrons. The van der Waals surface area contributed by atoms with Crippen molar-refractivity contribution in [1.82, 2.24) is 5.32 Å². The van der Waals surface area contributed by atoms with Crippen LogP contribution in [0.1, 0.15) is 271 Å². The van der Waals surface area contributed by atoms with Gasteiger partial charge in [-0.15, -0.1) is 0 Å². The number of carbonyl (C=O) groups is 2. The van der Waals surface area contributed by atoms with Crippen molar-refractivity contribution in [2.45, 2.75) is 289 Å². The number of unbranched alkanes of at least 4 members (excludes halogenated alkanes) is 31. The first kappa shape index (κ1) is 58.1. The normalized spacial score (nSPS) is 13.5. The summed E-state index contributed by atoms with van der Waals surface area (Å²) in [6.45, 7) is 6.45. The zero-order valence-electron chi connectivity index (χ0n) is 40.1. The van der Waals surface area contributed by atoms with Crippen LogP contribution in [0.15, 0.2) is 36.5 Å².